The average molecular weight is 355 g/mol. The van der Waals surface area contributed by atoms with Crippen molar-refractivity contribution in [3.8, 4) is 0 Å². The molecule has 0 saturated carbocycles. The number of anilines is 1. The van der Waals surface area contributed by atoms with E-state index in [1.165, 1.54) is 0 Å². The minimum Gasteiger partial charge on any atom is -0.389 e. The topological polar surface area (TPSA) is 61.6 Å². The standard InChI is InChI=1S/C13H15BrN4OS/c14-11-5-8(1-2-10(11)12(15)20)17-3-4-18-9(7-17)6-16-13(18)19/h1-2,5,9H,3-4,6-7H2,(H2,15,20)(H,16,19). The smallest absolute Gasteiger partial charge is 0.317 e. The van der Waals surface area contributed by atoms with Crippen LogP contribution in [0.25, 0.3) is 0 Å². The molecule has 2 amide bonds. The highest BCUT2D eigenvalue weighted by molar-refractivity contribution is 9.10. The lowest BCUT2D eigenvalue weighted by Crippen LogP contribution is -2.52. The van der Waals surface area contributed by atoms with Crippen molar-refractivity contribution in [2.45, 2.75) is 6.04 Å². The van der Waals surface area contributed by atoms with Gasteiger partial charge in [-0.05, 0) is 34.1 Å². The Labute approximate surface area is 131 Å². The van der Waals surface area contributed by atoms with Crippen LogP contribution < -0.4 is 16.0 Å². The van der Waals surface area contributed by atoms with E-state index in [0.29, 0.717) is 4.99 Å². The summed E-state index contributed by atoms with van der Waals surface area (Å²) >= 11 is 8.51. The lowest BCUT2D eigenvalue weighted by atomic mass is 10.1. The van der Waals surface area contributed by atoms with Gasteiger partial charge in [0, 0.05) is 41.9 Å². The van der Waals surface area contributed by atoms with Gasteiger partial charge in [0.05, 0.1) is 6.04 Å². The van der Waals surface area contributed by atoms with Gasteiger partial charge in [0.2, 0.25) is 0 Å². The number of fused-ring (bicyclic) bond motifs is 1. The summed E-state index contributed by atoms with van der Waals surface area (Å²) in [6, 6.07) is 6.31. The van der Waals surface area contributed by atoms with Gasteiger partial charge in [-0.15, -0.1) is 0 Å². The number of urea groups is 1. The van der Waals surface area contributed by atoms with Crippen molar-refractivity contribution in [3.63, 3.8) is 0 Å². The molecule has 106 valence electrons. The lowest BCUT2D eigenvalue weighted by molar-refractivity contribution is 0.197. The molecule has 20 heavy (non-hydrogen) atoms. The molecule has 3 rings (SSSR count). The van der Waals surface area contributed by atoms with Gasteiger partial charge in [0.15, 0.2) is 0 Å². The summed E-state index contributed by atoms with van der Waals surface area (Å²) in [6.45, 7) is 3.16. The highest BCUT2D eigenvalue weighted by Gasteiger charge is 2.35. The predicted octanol–water partition coefficient (Wildman–Crippen LogP) is 1.30. The van der Waals surface area contributed by atoms with Crippen LogP contribution in [-0.2, 0) is 0 Å². The second-order valence-electron chi connectivity index (χ2n) is 5.01. The van der Waals surface area contributed by atoms with Crippen LogP contribution in [0.2, 0.25) is 0 Å². The molecule has 2 fully saturated rings. The van der Waals surface area contributed by atoms with E-state index in [9.17, 15) is 4.79 Å². The van der Waals surface area contributed by atoms with E-state index in [4.69, 9.17) is 18.0 Å². The minimum absolute atomic E-state index is 0.0552. The molecule has 2 aliphatic rings. The predicted molar refractivity (Wildman–Crippen MR) is 86.1 cm³/mol. The molecule has 3 N–H and O–H groups in total. The third-order valence-corrected chi connectivity index (χ3v) is 4.69. The summed E-state index contributed by atoms with van der Waals surface area (Å²) < 4.78 is 0.908. The zero-order valence-corrected chi connectivity index (χ0v) is 13.2. The van der Waals surface area contributed by atoms with Gasteiger partial charge in [-0.3, -0.25) is 0 Å². The number of carbonyl (C=O) groups is 1. The number of halogens is 1. The Hall–Kier alpha value is -1.34. The largest absolute Gasteiger partial charge is 0.389 e. The molecule has 0 aromatic heterocycles. The van der Waals surface area contributed by atoms with Crippen LogP contribution >= 0.6 is 28.1 Å². The second-order valence-corrected chi connectivity index (χ2v) is 6.30. The molecular formula is C13H15BrN4OS. The maximum absolute atomic E-state index is 11.6. The van der Waals surface area contributed by atoms with Crippen molar-refractivity contribution in [2.75, 3.05) is 31.1 Å². The van der Waals surface area contributed by atoms with Crippen molar-refractivity contribution < 1.29 is 4.79 Å². The first-order valence-corrected chi connectivity index (χ1v) is 7.65. The van der Waals surface area contributed by atoms with Crippen molar-refractivity contribution in [1.82, 2.24) is 10.2 Å². The zero-order valence-electron chi connectivity index (χ0n) is 10.8. The van der Waals surface area contributed by atoms with E-state index in [2.05, 4.69) is 26.1 Å². The van der Waals surface area contributed by atoms with Crippen molar-refractivity contribution in [3.05, 3.63) is 28.2 Å². The highest BCUT2D eigenvalue weighted by Crippen LogP contribution is 2.26. The van der Waals surface area contributed by atoms with Gasteiger partial charge >= 0.3 is 6.03 Å². The van der Waals surface area contributed by atoms with E-state index in [1.54, 1.807) is 0 Å². The summed E-state index contributed by atoms with van der Waals surface area (Å²) in [7, 11) is 0. The maximum atomic E-state index is 11.6. The Balaban J connectivity index is 1.79. The molecule has 2 heterocycles. The summed E-state index contributed by atoms with van der Waals surface area (Å²) in [5, 5.41) is 2.89. The summed E-state index contributed by atoms with van der Waals surface area (Å²) in [6.07, 6.45) is 0. The Morgan fingerprint density at radius 2 is 2.25 bits per heavy atom. The molecule has 5 nitrogen and oxygen atoms in total. The SMILES string of the molecule is NC(=S)c1ccc(N2CCN3C(=O)NCC3C2)cc1Br. The normalized spacial score (nSPS) is 21.6. The molecule has 1 aromatic carbocycles. The second kappa shape index (κ2) is 5.21. The van der Waals surface area contributed by atoms with Crippen LogP contribution in [0.1, 0.15) is 5.56 Å². The van der Waals surface area contributed by atoms with E-state index in [-0.39, 0.29) is 12.1 Å². The van der Waals surface area contributed by atoms with Crippen LogP contribution in [-0.4, -0.2) is 48.1 Å². The van der Waals surface area contributed by atoms with E-state index < -0.39 is 0 Å². The summed E-state index contributed by atoms with van der Waals surface area (Å²) in [5.41, 5.74) is 7.63. The van der Waals surface area contributed by atoms with Crippen molar-refractivity contribution in [2.24, 2.45) is 5.73 Å². The quantitative estimate of drug-likeness (QED) is 0.785. The van der Waals surface area contributed by atoms with Gasteiger partial charge < -0.3 is 20.9 Å². The first kappa shape index (κ1) is 13.6. The number of hydrogen-bond acceptors (Lipinski definition) is 3. The molecule has 0 spiro atoms. The van der Waals surface area contributed by atoms with Crippen molar-refractivity contribution >= 4 is 44.9 Å². The molecule has 0 radical (unpaired) electrons. The Morgan fingerprint density at radius 1 is 1.45 bits per heavy atom. The van der Waals surface area contributed by atoms with Crippen LogP contribution in [0.3, 0.4) is 0 Å². The van der Waals surface area contributed by atoms with Gasteiger partial charge in [0.25, 0.3) is 0 Å². The number of nitrogens with two attached hydrogens (primary N) is 1. The number of hydrogen-bond donors (Lipinski definition) is 2. The van der Waals surface area contributed by atoms with E-state index >= 15 is 0 Å². The number of nitrogens with one attached hydrogen (secondary N) is 1. The third kappa shape index (κ3) is 2.35. The number of piperazine rings is 1. The van der Waals surface area contributed by atoms with Crippen LogP contribution in [0.5, 0.6) is 0 Å². The van der Waals surface area contributed by atoms with Gasteiger partial charge in [-0.2, -0.15) is 0 Å². The average Bonchev–Trinajstić information content (AvgIpc) is 2.79. The molecule has 0 aliphatic carbocycles. The molecule has 2 saturated heterocycles. The number of amides is 2. The highest BCUT2D eigenvalue weighted by atomic mass is 79.9. The number of carbonyl (C=O) groups excluding carboxylic acids is 1. The van der Waals surface area contributed by atoms with Crippen LogP contribution in [0.15, 0.2) is 22.7 Å². The zero-order chi connectivity index (χ0) is 14.3. The van der Waals surface area contributed by atoms with Crippen molar-refractivity contribution in [1.29, 1.82) is 0 Å². The Bertz CT molecular complexity index is 579. The number of thiocarbonyl (C=S) groups is 1. The fourth-order valence-electron chi connectivity index (χ4n) is 2.74. The van der Waals surface area contributed by atoms with Gasteiger partial charge in [-0.1, -0.05) is 12.2 Å². The van der Waals surface area contributed by atoms with E-state index in [0.717, 1.165) is 41.9 Å². The van der Waals surface area contributed by atoms with E-state index in [1.807, 2.05) is 23.1 Å². The fraction of sp³-hybridized carbons (Fsp3) is 0.385. The summed E-state index contributed by atoms with van der Waals surface area (Å²) in [4.78, 5) is 16.2. The Kier molecular flexibility index (Phi) is 3.55. The third-order valence-electron chi connectivity index (χ3n) is 3.82. The maximum Gasteiger partial charge on any atom is 0.317 e. The minimum atomic E-state index is 0.0552. The van der Waals surface area contributed by atoms with Crippen LogP contribution in [0.4, 0.5) is 10.5 Å². The lowest BCUT2D eigenvalue weighted by Gasteiger charge is -2.37. The number of benzene rings is 1. The molecule has 1 atom stereocenters. The first-order valence-electron chi connectivity index (χ1n) is 6.45. The summed E-state index contributed by atoms with van der Waals surface area (Å²) in [5.74, 6) is 0. The van der Waals surface area contributed by atoms with Crippen LogP contribution in [0, 0.1) is 0 Å². The van der Waals surface area contributed by atoms with Gasteiger partial charge in [0.1, 0.15) is 4.99 Å². The molecule has 0 bridgehead atoms. The monoisotopic (exact) mass is 354 g/mol. The molecule has 1 unspecified atom stereocenters. The first-order chi connectivity index (χ1) is 9.56. The number of nitrogens with zero attached hydrogens (tertiary/aromatic N) is 2. The van der Waals surface area contributed by atoms with Gasteiger partial charge in [-0.25, -0.2) is 4.79 Å². The Morgan fingerprint density at radius 3 is 2.95 bits per heavy atom. The molecule has 7 heteroatoms. The molecular weight excluding hydrogens is 340 g/mol. The molecule has 1 aromatic rings. The molecule has 2 aliphatic heterocycles. The number of rotatable bonds is 2. The fourth-order valence-corrected chi connectivity index (χ4v) is 3.63.